The average Bonchev–Trinajstić information content (AvgIpc) is 2.23. The van der Waals surface area contributed by atoms with Gasteiger partial charge in [0.05, 0.1) is 16.6 Å². The van der Waals surface area contributed by atoms with Gasteiger partial charge in [0.25, 0.3) is 0 Å². The molecule has 0 saturated carbocycles. The maximum absolute atomic E-state index is 10.7. The number of rotatable bonds is 5. The fourth-order valence-corrected chi connectivity index (χ4v) is 1.76. The van der Waals surface area contributed by atoms with E-state index in [4.69, 9.17) is 28.9 Å². The second kappa shape index (κ2) is 6.09. The van der Waals surface area contributed by atoms with E-state index in [9.17, 15) is 4.79 Å². The zero-order chi connectivity index (χ0) is 12.1. The number of benzene rings is 1. The Morgan fingerprint density at radius 2 is 2.12 bits per heavy atom. The minimum atomic E-state index is -0.376. The first-order valence-corrected chi connectivity index (χ1v) is 5.76. The Labute approximate surface area is 105 Å². The molecule has 1 aromatic rings. The predicted molar refractivity (Wildman–Crippen MR) is 66.7 cm³/mol. The van der Waals surface area contributed by atoms with E-state index in [-0.39, 0.29) is 18.5 Å². The summed E-state index contributed by atoms with van der Waals surface area (Å²) >= 11 is 11.8. The lowest BCUT2D eigenvalue weighted by molar-refractivity contribution is -0.117. The van der Waals surface area contributed by atoms with Crippen LogP contribution in [0.2, 0.25) is 10.0 Å². The van der Waals surface area contributed by atoms with E-state index in [1.165, 1.54) is 0 Å². The van der Waals surface area contributed by atoms with E-state index >= 15 is 0 Å². The molecule has 16 heavy (non-hydrogen) atoms. The van der Waals surface area contributed by atoms with Gasteiger partial charge in [0.1, 0.15) is 0 Å². The zero-order valence-electron chi connectivity index (χ0n) is 8.97. The Kier molecular flexibility index (Phi) is 5.06. The Hall–Kier alpha value is -0.770. The second-order valence-corrected chi connectivity index (χ2v) is 4.30. The minimum absolute atomic E-state index is 0.0577. The second-order valence-electron chi connectivity index (χ2n) is 3.48. The van der Waals surface area contributed by atoms with Gasteiger partial charge in [0.2, 0.25) is 5.91 Å². The van der Waals surface area contributed by atoms with Crippen molar-refractivity contribution >= 4 is 29.1 Å². The lowest BCUT2D eigenvalue weighted by atomic mass is 10.0. The molecule has 1 rings (SSSR count). The normalized spacial score (nSPS) is 12.4. The highest BCUT2D eigenvalue weighted by Gasteiger charge is 2.11. The number of carbonyl (C=O) groups excluding carboxylic acids is 1. The summed E-state index contributed by atoms with van der Waals surface area (Å²) in [4.78, 5) is 10.7. The maximum Gasteiger partial charge on any atom is 0.231 e. The highest BCUT2D eigenvalue weighted by Crippen LogP contribution is 2.26. The molecule has 0 spiro atoms. The number of nitrogens with two attached hydrogens (primary N) is 1. The van der Waals surface area contributed by atoms with Crippen molar-refractivity contribution < 1.29 is 4.79 Å². The Morgan fingerprint density at radius 1 is 1.44 bits per heavy atom. The van der Waals surface area contributed by atoms with Gasteiger partial charge in [-0.1, -0.05) is 36.2 Å². The molecule has 1 amide bonds. The van der Waals surface area contributed by atoms with E-state index in [2.05, 4.69) is 5.32 Å². The molecule has 3 N–H and O–H groups in total. The van der Waals surface area contributed by atoms with Crippen molar-refractivity contribution in [3.63, 3.8) is 0 Å². The van der Waals surface area contributed by atoms with Crippen LogP contribution in [0.1, 0.15) is 24.9 Å². The Balaban J connectivity index is 2.78. The van der Waals surface area contributed by atoms with Gasteiger partial charge >= 0.3 is 0 Å². The number of carbonyl (C=O) groups is 1. The zero-order valence-corrected chi connectivity index (χ0v) is 10.5. The van der Waals surface area contributed by atoms with Crippen molar-refractivity contribution in [1.82, 2.24) is 5.32 Å². The number of nitrogens with one attached hydrogen (secondary N) is 1. The maximum atomic E-state index is 10.7. The molecule has 1 unspecified atom stereocenters. The van der Waals surface area contributed by atoms with E-state index in [1.54, 1.807) is 12.1 Å². The molecular weight excluding hydrogens is 247 g/mol. The fraction of sp³-hybridized carbons (Fsp3) is 0.364. The first kappa shape index (κ1) is 13.3. The summed E-state index contributed by atoms with van der Waals surface area (Å²) in [5.41, 5.74) is 6.08. The molecule has 0 fully saturated rings. The van der Waals surface area contributed by atoms with Crippen LogP contribution in [-0.2, 0) is 4.79 Å². The van der Waals surface area contributed by atoms with Gasteiger partial charge in [-0.2, -0.15) is 0 Å². The summed E-state index contributed by atoms with van der Waals surface area (Å²) < 4.78 is 0. The molecule has 0 aliphatic carbocycles. The van der Waals surface area contributed by atoms with Gasteiger partial charge in [-0.3, -0.25) is 4.79 Å². The molecule has 0 aliphatic rings. The van der Waals surface area contributed by atoms with Crippen molar-refractivity contribution in [1.29, 1.82) is 0 Å². The van der Waals surface area contributed by atoms with Crippen LogP contribution >= 0.6 is 23.2 Å². The summed E-state index contributed by atoms with van der Waals surface area (Å²) in [5.74, 6) is -0.376. The number of hydrogen-bond acceptors (Lipinski definition) is 2. The third-order valence-corrected chi connectivity index (χ3v) is 3.02. The standard InChI is InChI=1S/C11H14Cl2N2O/c1-2-10(15-6-11(14)16)7-3-4-8(12)9(13)5-7/h3-5,10,15H,2,6H2,1H3,(H2,14,16). The van der Waals surface area contributed by atoms with Gasteiger partial charge in [-0.15, -0.1) is 0 Å². The highest BCUT2D eigenvalue weighted by atomic mass is 35.5. The summed E-state index contributed by atoms with van der Waals surface area (Å²) in [6, 6.07) is 5.48. The smallest absolute Gasteiger partial charge is 0.231 e. The van der Waals surface area contributed by atoms with Crippen LogP contribution in [0, 0.1) is 0 Å². The van der Waals surface area contributed by atoms with E-state index in [1.807, 2.05) is 13.0 Å². The quantitative estimate of drug-likeness (QED) is 0.855. The first-order valence-electron chi connectivity index (χ1n) is 5.01. The predicted octanol–water partition coefficient (Wildman–Crippen LogP) is 2.52. The SMILES string of the molecule is CCC(NCC(N)=O)c1ccc(Cl)c(Cl)c1. The molecular formula is C11H14Cl2N2O. The Morgan fingerprint density at radius 3 is 2.62 bits per heavy atom. The van der Waals surface area contributed by atoms with Crippen LogP contribution < -0.4 is 11.1 Å². The molecule has 0 bridgehead atoms. The van der Waals surface area contributed by atoms with Crippen LogP contribution in [0.5, 0.6) is 0 Å². The van der Waals surface area contributed by atoms with Crippen molar-refractivity contribution in [2.24, 2.45) is 5.73 Å². The van der Waals surface area contributed by atoms with Crippen LogP contribution in [0.4, 0.5) is 0 Å². The number of hydrogen-bond donors (Lipinski definition) is 2. The lowest BCUT2D eigenvalue weighted by Crippen LogP contribution is -2.31. The summed E-state index contributed by atoms with van der Waals surface area (Å²) in [6.45, 7) is 2.17. The molecule has 88 valence electrons. The van der Waals surface area contributed by atoms with Crippen molar-refractivity contribution in [3.8, 4) is 0 Å². The molecule has 1 atom stereocenters. The van der Waals surface area contributed by atoms with Gasteiger partial charge in [0, 0.05) is 6.04 Å². The molecule has 0 saturated heterocycles. The number of amides is 1. The molecule has 0 aliphatic heterocycles. The average molecular weight is 261 g/mol. The van der Waals surface area contributed by atoms with Crippen molar-refractivity contribution in [3.05, 3.63) is 33.8 Å². The van der Waals surface area contributed by atoms with Crippen LogP contribution in [-0.4, -0.2) is 12.5 Å². The van der Waals surface area contributed by atoms with Crippen molar-refractivity contribution in [2.75, 3.05) is 6.54 Å². The first-order chi connectivity index (χ1) is 7.54. The lowest BCUT2D eigenvalue weighted by Gasteiger charge is -2.16. The van der Waals surface area contributed by atoms with E-state index in [0.29, 0.717) is 10.0 Å². The minimum Gasteiger partial charge on any atom is -0.369 e. The van der Waals surface area contributed by atoms with Gasteiger partial charge in [-0.25, -0.2) is 0 Å². The molecule has 0 aromatic heterocycles. The number of halogens is 2. The van der Waals surface area contributed by atoms with Gasteiger partial charge in [-0.05, 0) is 24.1 Å². The highest BCUT2D eigenvalue weighted by molar-refractivity contribution is 6.42. The summed E-state index contributed by atoms with van der Waals surface area (Å²) in [7, 11) is 0. The number of primary amides is 1. The monoisotopic (exact) mass is 260 g/mol. The summed E-state index contributed by atoms with van der Waals surface area (Å²) in [5, 5.41) is 4.09. The molecule has 1 aromatic carbocycles. The largest absolute Gasteiger partial charge is 0.369 e. The molecule has 0 radical (unpaired) electrons. The van der Waals surface area contributed by atoms with Crippen molar-refractivity contribution in [2.45, 2.75) is 19.4 Å². The topological polar surface area (TPSA) is 55.1 Å². The third-order valence-electron chi connectivity index (χ3n) is 2.28. The molecule has 5 heteroatoms. The third kappa shape index (κ3) is 3.67. The summed E-state index contributed by atoms with van der Waals surface area (Å²) in [6.07, 6.45) is 0.839. The van der Waals surface area contributed by atoms with Gasteiger partial charge in [0.15, 0.2) is 0 Å². The van der Waals surface area contributed by atoms with Crippen LogP contribution in [0.3, 0.4) is 0 Å². The molecule has 3 nitrogen and oxygen atoms in total. The van der Waals surface area contributed by atoms with E-state index < -0.39 is 0 Å². The van der Waals surface area contributed by atoms with Crippen LogP contribution in [0.15, 0.2) is 18.2 Å². The van der Waals surface area contributed by atoms with E-state index in [0.717, 1.165) is 12.0 Å². The molecule has 0 heterocycles. The Bertz CT molecular complexity index is 382. The van der Waals surface area contributed by atoms with Crippen LogP contribution in [0.25, 0.3) is 0 Å². The fourth-order valence-electron chi connectivity index (χ4n) is 1.45. The van der Waals surface area contributed by atoms with Gasteiger partial charge < -0.3 is 11.1 Å².